The molecule has 0 fully saturated rings. The number of hydrogen-bond acceptors (Lipinski definition) is 4. The highest BCUT2D eigenvalue weighted by Gasteiger charge is 2.12. The molecule has 5 nitrogen and oxygen atoms in total. The van der Waals surface area contributed by atoms with Crippen LogP contribution in [0.5, 0.6) is 0 Å². The van der Waals surface area contributed by atoms with Crippen molar-refractivity contribution in [3.8, 4) is 17.3 Å². The van der Waals surface area contributed by atoms with Crippen molar-refractivity contribution in [3.63, 3.8) is 0 Å². The minimum atomic E-state index is -0.629. The summed E-state index contributed by atoms with van der Waals surface area (Å²) in [7, 11) is 0. The number of ether oxygens (including phenoxy) is 1. The number of H-pyrrole nitrogens is 1. The lowest BCUT2D eigenvalue weighted by Crippen LogP contribution is -2.06. The van der Waals surface area contributed by atoms with Crippen molar-refractivity contribution in [2.45, 2.75) is 6.92 Å². The maximum absolute atomic E-state index is 11.6. The maximum atomic E-state index is 11.6. The fourth-order valence-corrected chi connectivity index (χ4v) is 1.74. The van der Waals surface area contributed by atoms with Crippen molar-refractivity contribution in [3.05, 3.63) is 47.7 Å². The average Bonchev–Trinajstić information content (AvgIpc) is 2.94. The van der Waals surface area contributed by atoms with Crippen LogP contribution in [0.2, 0.25) is 0 Å². The lowest BCUT2D eigenvalue weighted by atomic mass is 10.1. The Morgan fingerprint density at radius 1 is 1.45 bits per heavy atom. The van der Waals surface area contributed by atoms with Gasteiger partial charge < -0.3 is 4.74 Å². The van der Waals surface area contributed by atoms with E-state index in [1.165, 1.54) is 6.08 Å². The second kappa shape index (κ2) is 6.34. The van der Waals surface area contributed by atoms with E-state index >= 15 is 0 Å². The summed E-state index contributed by atoms with van der Waals surface area (Å²) in [5.74, 6) is -0.629. The van der Waals surface area contributed by atoms with Crippen LogP contribution in [0.15, 0.2) is 42.1 Å². The van der Waals surface area contributed by atoms with Crippen LogP contribution < -0.4 is 0 Å². The Morgan fingerprint density at radius 3 is 2.85 bits per heavy atom. The Balaban J connectivity index is 2.38. The first-order chi connectivity index (χ1) is 9.76. The van der Waals surface area contributed by atoms with Gasteiger partial charge >= 0.3 is 5.97 Å². The zero-order chi connectivity index (χ0) is 14.4. The van der Waals surface area contributed by atoms with Crippen LogP contribution in [-0.2, 0) is 9.53 Å². The van der Waals surface area contributed by atoms with Gasteiger partial charge in [0.05, 0.1) is 18.5 Å². The van der Waals surface area contributed by atoms with Crippen molar-refractivity contribution in [2.24, 2.45) is 0 Å². The van der Waals surface area contributed by atoms with Crippen LogP contribution in [0.1, 0.15) is 12.5 Å². The van der Waals surface area contributed by atoms with Gasteiger partial charge in [-0.15, -0.1) is 0 Å². The topological polar surface area (TPSA) is 78.8 Å². The van der Waals surface area contributed by atoms with Crippen molar-refractivity contribution in [2.75, 3.05) is 6.61 Å². The minimum Gasteiger partial charge on any atom is -0.462 e. The molecule has 0 aliphatic heterocycles. The Hall–Kier alpha value is -2.87. The van der Waals surface area contributed by atoms with Gasteiger partial charge in [0.25, 0.3) is 0 Å². The van der Waals surface area contributed by atoms with E-state index in [1.807, 2.05) is 36.4 Å². The Morgan fingerprint density at radius 2 is 2.20 bits per heavy atom. The van der Waals surface area contributed by atoms with Crippen LogP contribution in [0.3, 0.4) is 0 Å². The number of carbonyl (C=O) groups excluding carboxylic acids is 1. The zero-order valence-electron chi connectivity index (χ0n) is 11.0. The number of nitriles is 1. The quantitative estimate of drug-likeness (QED) is 0.524. The van der Waals surface area contributed by atoms with E-state index in [1.54, 1.807) is 13.1 Å². The van der Waals surface area contributed by atoms with E-state index < -0.39 is 5.97 Å². The van der Waals surface area contributed by atoms with Gasteiger partial charge in [-0.25, -0.2) is 4.79 Å². The third-order valence-corrected chi connectivity index (χ3v) is 2.65. The smallest absolute Gasteiger partial charge is 0.348 e. The highest BCUT2D eigenvalue weighted by molar-refractivity contribution is 5.98. The summed E-state index contributed by atoms with van der Waals surface area (Å²) in [6, 6.07) is 11.4. The third kappa shape index (κ3) is 2.93. The van der Waals surface area contributed by atoms with Crippen LogP contribution in [-0.4, -0.2) is 22.8 Å². The van der Waals surface area contributed by atoms with Gasteiger partial charge in [0.15, 0.2) is 0 Å². The highest BCUT2D eigenvalue weighted by Crippen LogP contribution is 2.22. The lowest BCUT2D eigenvalue weighted by molar-refractivity contribution is -0.137. The summed E-state index contributed by atoms with van der Waals surface area (Å²) in [6.45, 7) is 1.93. The highest BCUT2D eigenvalue weighted by atomic mass is 16.5. The molecule has 1 N–H and O–H groups in total. The SMILES string of the molecule is CCOC(=O)/C(C#N)=C/c1cn[nH]c1-c1ccccc1. The Kier molecular flexibility index (Phi) is 4.30. The number of aromatic amines is 1. The molecular weight excluding hydrogens is 254 g/mol. The number of nitrogens with zero attached hydrogens (tertiary/aromatic N) is 2. The molecule has 0 spiro atoms. The van der Waals surface area contributed by atoms with E-state index in [4.69, 9.17) is 10.00 Å². The molecule has 0 atom stereocenters. The van der Waals surface area contributed by atoms with Gasteiger partial charge in [-0.05, 0) is 13.0 Å². The predicted octanol–water partition coefficient (Wildman–Crippen LogP) is 2.55. The molecule has 0 radical (unpaired) electrons. The summed E-state index contributed by atoms with van der Waals surface area (Å²) >= 11 is 0. The van der Waals surface area contributed by atoms with Crippen LogP contribution in [0.25, 0.3) is 17.3 Å². The Bertz CT molecular complexity index is 666. The first kappa shape index (κ1) is 13.6. The van der Waals surface area contributed by atoms with Gasteiger partial charge in [0, 0.05) is 11.1 Å². The normalized spacial score (nSPS) is 10.9. The first-order valence-electron chi connectivity index (χ1n) is 6.14. The molecule has 0 unspecified atom stereocenters. The number of nitrogens with one attached hydrogen (secondary N) is 1. The van der Waals surface area contributed by atoms with Crippen molar-refractivity contribution < 1.29 is 9.53 Å². The van der Waals surface area contributed by atoms with Gasteiger partial charge in [0.2, 0.25) is 0 Å². The molecule has 0 saturated carbocycles. The predicted molar refractivity (Wildman–Crippen MR) is 74.2 cm³/mol. The monoisotopic (exact) mass is 267 g/mol. The number of rotatable bonds is 4. The molecular formula is C15H13N3O2. The fraction of sp³-hybridized carbons (Fsp3) is 0.133. The van der Waals surface area contributed by atoms with Gasteiger partial charge in [0.1, 0.15) is 11.6 Å². The van der Waals surface area contributed by atoms with Crippen molar-refractivity contribution in [1.82, 2.24) is 10.2 Å². The minimum absolute atomic E-state index is 0.0505. The van der Waals surface area contributed by atoms with Crippen molar-refractivity contribution >= 4 is 12.0 Å². The van der Waals surface area contributed by atoms with Gasteiger partial charge in [-0.1, -0.05) is 30.3 Å². The Labute approximate surface area is 116 Å². The van der Waals surface area contributed by atoms with E-state index in [2.05, 4.69) is 10.2 Å². The summed E-state index contributed by atoms with van der Waals surface area (Å²) in [5.41, 5.74) is 2.30. The lowest BCUT2D eigenvalue weighted by Gasteiger charge is -2.01. The molecule has 0 amide bonds. The molecule has 5 heteroatoms. The molecule has 100 valence electrons. The number of benzene rings is 1. The third-order valence-electron chi connectivity index (χ3n) is 2.65. The molecule has 2 rings (SSSR count). The van der Waals surface area contributed by atoms with E-state index in [0.717, 1.165) is 11.3 Å². The molecule has 1 aromatic heterocycles. The number of carbonyl (C=O) groups is 1. The summed E-state index contributed by atoms with van der Waals surface area (Å²) < 4.78 is 4.83. The molecule has 0 bridgehead atoms. The summed E-state index contributed by atoms with van der Waals surface area (Å²) in [5, 5.41) is 15.9. The van der Waals surface area contributed by atoms with E-state index in [-0.39, 0.29) is 12.2 Å². The molecule has 2 aromatic rings. The van der Waals surface area contributed by atoms with Crippen molar-refractivity contribution in [1.29, 1.82) is 5.26 Å². The van der Waals surface area contributed by atoms with Gasteiger partial charge in [-0.3, -0.25) is 5.10 Å². The average molecular weight is 267 g/mol. The molecule has 0 saturated heterocycles. The first-order valence-corrected chi connectivity index (χ1v) is 6.14. The second-order valence-electron chi connectivity index (χ2n) is 3.96. The largest absolute Gasteiger partial charge is 0.462 e. The molecule has 1 aromatic carbocycles. The number of hydrogen-bond donors (Lipinski definition) is 1. The molecule has 0 aliphatic carbocycles. The maximum Gasteiger partial charge on any atom is 0.348 e. The summed E-state index contributed by atoms with van der Waals surface area (Å²) in [6.07, 6.45) is 3.04. The van der Waals surface area contributed by atoms with Crippen LogP contribution >= 0.6 is 0 Å². The molecule has 20 heavy (non-hydrogen) atoms. The zero-order valence-corrected chi connectivity index (χ0v) is 11.0. The fourth-order valence-electron chi connectivity index (χ4n) is 1.74. The van der Waals surface area contributed by atoms with Gasteiger partial charge in [-0.2, -0.15) is 10.4 Å². The molecule has 0 aliphatic rings. The molecule has 1 heterocycles. The van der Waals surface area contributed by atoms with Crippen LogP contribution in [0.4, 0.5) is 0 Å². The van der Waals surface area contributed by atoms with E-state index in [9.17, 15) is 4.79 Å². The number of aromatic nitrogens is 2. The summed E-state index contributed by atoms with van der Waals surface area (Å²) in [4.78, 5) is 11.6. The number of esters is 1. The second-order valence-corrected chi connectivity index (χ2v) is 3.96. The van der Waals surface area contributed by atoms with Crippen LogP contribution in [0, 0.1) is 11.3 Å². The standard InChI is InChI=1S/C15H13N3O2/c1-2-20-15(19)12(9-16)8-13-10-17-18-14(13)11-6-4-3-5-7-11/h3-8,10H,2H2,1H3,(H,17,18)/b12-8+. The van der Waals surface area contributed by atoms with E-state index in [0.29, 0.717) is 5.56 Å².